The van der Waals surface area contributed by atoms with E-state index < -0.39 is 12.2 Å². The number of hydrogen-bond donors (Lipinski definition) is 3. The first-order valence-electron chi connectivity index (χ1n) is 12.6. The van der Waals surface area contributed by atoms with E-state index >= 15 is 0 Å². The number of allylic oxidation sites excluding steroid dienone is 3. The Morgan fingerprint density at radius 3 is 2.53 bits per heavy atom. The number of ether oxygens (including phenoxy) is 2. The van der Waals surface area contributed by atoms with Crippen LogP contribution in [0.2, 0.25) is 0 Å². The highest BCUT2D eigenvalue weighted by Crippen LogP contribution is 2.33. The number of aliphatic hydroxyl groups excluding tert-OH is 1. The average Bonchev–Trinajstić information content (AvgIpc) is 2.79. The summed E-state index contributed by atoms with van der Waals surface area (Å²) in [6.07, 6.45) is 15.6. The van der Waals surface area contributed by atoms with Gasteiger partial charge in [-0.3, -0.25) is 4.79 Å². The van der Waals surface area contributed by atoms with Gasteiger partial charge in [-0.15, -0.1) is 0 Å². The van der Waals surface area contributed by atoms with Gasteiger partial charge in [-0.1, -0.05) is 23.8 Å². The molecule has 1 heterocycles. The third kappa shape index (κ3) is 10.4. The number of carbonyl (C=O) groups excluding carboxylic acids is 2. The fraction of sp³-hybridized carbons (Fsp3) is 0.704. The molecule has 2 fully saturated rings. The van der Waals surface area contributed by atoms with E-state index in [0.717, 1.165) is 44.9 Å². The van der Waals surface area contributed by atoms with E-state index in [0.29, 0.717) is 11.8 Å². The molecule has 1 aliphatic heterocycles. The largest absolute Gasteiger partial charge is 0.442 e. The number of nitrogens with one attached hydrogen (secondary N) is 2. The first-order valence-corrected chi connectivity index (χ1v) is 12.6. The molecule has 0 aromatic rings. The van der Waals surface area contributed by atoms with Crippen LogP contribution in [0, 0.1) is 11.8 Å². The summed E-state index contributed by atoms with van der Waals surface area (Å²) in [6, 6.07) is 0.194. The second-order valence-electron chi connectivity index (χ2n) is 10.4. The van der Waals surface area contributed by atoms with Gasteiger partial charge >= 0.3 is 6.09 Å². The maximum atomic E-state index is 12.2. The van der Waals surface area contributed by atoms with E-state index in [1.54, 1.807) is 13.0 Å². The quantitative estimate of drug-likeness (QED) is 0.338. The van der Waals surface area contributed by atoms with Crippen LogP contribution in [0.25, 0.3) is 0 Å². The molecule has 1 saturated carbocycles. The van der Waals surface area contributed by atoms with Crippen LogP contribution in [-0.4, -0.2) is 54.6 Å². The Kier molecular flexibility index (Phi) is 11.3. The molecule has 0 aromatic heterocycles. The lowest BCUT2D eigenvalue weighted by Gasteiger charge is -2.39. The highest BCUT2D eigenvalue weighted by molar-refractivity contribution is 5.87. The predicted octanol–water partition coefficient (Wildman–Crippen LogP) is 4.42. The van der Waals surface area contributed by atoms with Gasteiger partial charge in [0.25, 0.3) is 0 Å². The molecule has 3 atom stereocenters. The van der Waals surface area contributed by atoms with Crippen LogP contribution in [0.1, 0.15) is 72.6 Å². The Labute approximate surface area is 205 Å². The molecule has 0 bridgehead atoms. The zero-order chi connectivity index (χ0) is 25.1. The monoisotopic (exact) mass is 476 g/mol. The molecule has 192 valence electrons. The van der Waals surface area contributed by atoms with Crippen LogP contribution in [-0.2, 0) is 14.3 Å². The van der Waals surface area contributed by atoms with E-state index in [9.17, 15) is 14.7 Å². The fourth-order valence-electron chi connectivity index (χ4n) is 4.83. The van der Waals surface area contributed by atoms with Crippen molar-refractivity contribution in [1.82, 2.24) is 10.6 Å². The van der Waals surface area contributed by atoms with Gasteiger partial charge in [0.05, 0.1) is 11.7 Å². The SMILES string of the molecule is CNC(=O)O[C@@H](C)/C=C\C(=O)NC1CCC(C/C=C(C)/C=C/[C@@H]2C[C@H](CO)CC(C)(C)O2)CC1. The van der Waals surface area contributed by atoms with Gasteiger partial charge in [0.2, 0.25) is 5.91 Å². The first-order chi connectivity index (χ1) is 16.1. The molecular formula is C27H44N2O5. The summed E-state index contributed by atoms with van der Waals surface area (Å²) in [5.74, 6) is 0.790. The second kappa shape index (κ2) is 13.7. The molecule has 0 aromatic carbocycles. The molecule has 0 unspecified atom stereocenters. The molecule has 2 amide bonds. The Bertz CT molecular complexity index is 750. The summed E-state index contributed by atoms with van der Waals surface area (Å²) in [6.45, 7) is 8.24. The van der Waals surface area contributed by atoms with Crippen molar-refractivity contribution in [1.29, 1.82) is 0 Å². The third-order valence-electron chi connectivity index (χ3n) is 6.63. The molecular weight excluding hydrogens is 432 g/mol. The van der Waals surface area contributed by atoms with Gasteiger partial charge in [0.15, 0.2) is 0 Å². The second-order valence-corrected chi connectivity index (χ2v) is 10.4. The van der Waals surface area contributed by atoms with Crippen LogP contribution in [0.5, 0.6) is 0 Å². The minimum absolute atomic E-state index is 0.0516. The van der Waals surface area contributed by atoms with Crippen LogP contribution < -0.4 is 10.6 Å². The fourth-order valence-corrected chi connectivity index (χ4v) is 4.83. The Balaban J connectivity index is 1.71. The Morgan fingerprint density at radius 1 is 1.18 bits per heavy atom. The predicted molar refractivity (Wildman–Crippen MR) is 134 cm³/mol. The van der Waals surface area contributed by atoms with Crippen molar-refractivity contribution in [3.63, 3.8) is 0 Å². The third-order valence-corrected chi connectivity index (χ3v) is 6.63. The van der Waals surface area contributed by atoms with Crippen molar-refractivity contribution in [2.24, 2.45) is 11.8 Å². The van der Waals surface area contributed by atoms with Gasteiger partial charge in [-0.05, 0) is 90.6 Å². The zero-order valence-electron chi connectivity index (χ0n) is 21.5. The molecule has 1 saturated heterocycles. The van der Waals surface area contributed by atoms with Crippen molar-refractivity contribution in [2.75, 3.05) is 13.7 Å². The number of hydrogen-bond acceptors (Lipinski definition) is 5. The molecule has 3 N–H and O–H groups in total. The topological polar surface area (TPSA) is 96.9 Å². The molecule has 34 heavy (non-hydrogen) atoms. The van der Waals surface area contributed by atoms with Crippen LogP contribution in [0.15, 0.2) is 36.0 Å². The van der Waals surface area contributed by atoms with Crippen molar-refractivity contribution in [3.05, 3.63) is 36.0 Å². The van der Waals surface area contributed by atoms with Gasteiger partial charge in [-0.2, -0.15) is 0 Å². The van der Waals surface area contributed by atoms with Crippen molar-refractivity contribution >= 4 is 12.0 Å². The molecule has 2 rings (SSSR count). The summed E-state index contributed by atoms with van der Waals surface area (Å²) >= 11 is 0. The lowest BCUT2D eigenvalue weighted by Crippen LogP contribution is -2.39. The maximum absolute atomic E-state index is 12.2. The standard InChI is InChI=1S/C27H44N2O5/c1-19(7-14-24-16-22(18-30)17-27(3,4)34-24)6-9-21-10-12-23(13-11-21)29-25(31)15-8-20(2)33-26(32)28-5/h6-8,14-15,20-24,30H,9-13,16-18H2,1-5H3,(H,28,32)(H,29,31)/b14-7+,15-8-,19-6+/t20-,21?,22-,23?,24+/m0/s1. The van der Waals surface area contributed by atoms with Gasteiger partial charge in [0.1, 0.15) is 6.10 Å². The average molecular weight is 477 g/mol. The van der Waals surface area contributed by atoms with Crippen molar-refractivity contribution in [3.8, 4) is 0 Å². The lowest BCUT2D eigenvalue weighted by molar-refractivity contribution is -0.117. The smallest absolute Gasteiger partial charge is 0.407 e. The van der Waals surface area contributed by atoms with Crippen LogP contribution in [0.3, 0.4) is 0 Å². The van der Waals surface area contributed by atoms with Gasteiger partial charge in [0, 0.05) is 25.8 Å². The van der Waals surface area contributed by atoms with E-state index in [1.165, 1.54) is 18.7 Å². The summed E-state index contributed by atoms with van der Waals surface area (Å²) in [5, 5.41) is 15.0. The van der Waals surface area contributed by atoms with E-state index in [2.05, 4.69) is 49.6 Å². The number of amides is 2. The van der Waals surface area contributed by atoms with Gasteiger partial charge < -0.3 is 25.2 Å². The maximum Gasteiger partial charge on any atom is 0.407 e. The van der Waals surface area contributed by atoms with Crippen molar-refractivity contribution in [2.45, 2.75) is 96.5 Å². The Hall–Kier alpha value is -2.12. The minimum Gasteiger partial charge on any atom is -0.442 e. The highest BCUT2D eigenvalue weighted by atomic mass is 16.6. The minimum atomic E-state index is -0.516. The molecule has 7 heteroatoms. The zero-order valence-corrected chi connectivity index (χ0v) is 21.5. The Morgan fingerprint density at radius 2 is 1.88 bits per heavy atom. The summed E-state index contributed by atoms with van der Waals surface area (Å²) < 4.78 is 11.2. The molecule has 2 aliphatic rings. The number of alkyl carbamates (subject to hydrolysis) is 1. The van der Waals surface area contributed by atoms with E-state index in [-0.39, 0.29) is 30.3 Å². The molecule has 1 aliphatic carbocycles. The number of rotatable bonds is 9. The first kappa shape index (κ1) is 28.1. The van der Waals surface area contributed by atoms with Crippen LogP contribution >= 0.6 is 0 Å². The molecule has 0 spiro atoms. The van der Waals surface area contributed by atoms with E-state index in [1.807, 2.05) is 0 Å². The normalized spacial score (nSPS) is 28.6. The molecule has 7 nitrogen and oxygen atoms in total. The van der Waals surface area contributed by atoms with E-state index in [4.69, 9.17) is 9.47 Å². The summed E-state index contributed by atoms with van der Waals surface area (Å²) in [7, 11) is 1.50. The summed E-state index contributed by atoms with van der Waals surface area (Å²) in [4.78, 5) is 23.3. The number of carbonyl (C=O) groups is 2. The summed E-state index contributed by atoms with van der Waals surface area (Å²) in [5.41, 5.74) is 1.04. The van der Waals surface area contributed by atoms with Crippen LogP contribution in [0.4, 0.5) is 4.79 Å². The lowest BCUT2D eigenvalue weighted by atomic mass is 9.83. The van der Waals surface area contributed by atoms with Crippen molar-refractivity contribution < 1.29 is 24.2 Å². The molecule has 0 radical (unpaired) electrons. The number of aliphatic hydroxyl groups is 1. The highest BCUT2D eigenvalue weighted by Gasteiger charge is 2.33. The van der Waals surface area contributed by atoms with Gasteiger partial charge in [-0.25, -0.2) is 4.79 Å².